The molecular weight excluding hydrogens is 604 g/mol. The summed E-state index contributed by atoms with van der Waals surface area (Å²) >= 11 is 0. The minimum Gasteiger partial charge on any atom is -0.505 e. The molecule has 2 amide bonds. The minimum absolute atomic E-state index is 0.0173. The van der Waals surface area contributed by atoms with E-state index >= 15 is 0 Å². The van der Waals surface area contributed by atoms with Crippen LogP contribution in [0.4, 0.5) is 0 Å². The molecule has 1 heterocycles. The molecule has 0 unspecified atom stereocenters. The van der Waals surface area contributed by atoms with Crippen LogP contribution < -0.4 is 10.6 Å². The number of carbonyl (C=O) groups is 5. The van der Waals surface area contributed by atoms with E-state index in [1.54, 1.807) is 57.2 Å². The number of rotatable bonds is 5. The third-order valence-corrected chi connectivity index (χ3v) is 8.81. The number of allylic oxidation sites excluding steroid dienone is 7. The zero-order chi connectivity index (χ0) is 34.5. The summed E-state index contributed by atoms with van der Waals surface area (Å²) in [5.74, 6) is -4.15. The van der Waals surface area contributed by atoms with Crippen molar-refractivity contribution in [2.45, 2.75) is 103 Å². The van der Waals surface area contributed by atoms with Crippen molar-refractivity contribution in [3.8, 4) is 0 Å². The molecule has 1 aliphatic heterocycles. The smallest absolute Gasteiger partial charge is 0.328 e. The Bertz CT molecular complexity index is 1360. The number of amides is 2. The Morgan fingerprint density at radius 3 is 2.47 bits per heavy atom. The monoisotopic (exact) mass is 652 g/mol. The van der Waals surface area contributed by atoms with Crippen molar-refractivity contribution in [2.24, 2.45) is 11.8 Å². The van der Waals surface area contributed by atoms with Gasteiger partial charge in [0.2, 0.25) is 23.4 Å². The van der Waals surface area contributed by atoms with E-state index in [2.05, 4.69) is 10.6 Å². The lowest BCUT2D eigenvalue weighted by Crippen LogP contribution is -2.45. The Hall–Kier alpha value is -4.09. The van der Waals surface area contributed by atoms with Gasteiger partial charge in [0.1, 0.15) is 17.9 Å². The fraction of sp³-hybridized carbons (Fsp3) is 0.528. The van der Waals surface area contributed by atoms with Crippen LogP contribution in [-0.2, 0) is 33.4 Å². The summed E-state index contributed by atoms with van der Waals surface area (Å²) in [4.78, 5) is 63.5. The number of ketones is 2. The molecule has 11 heteroatoms. The molecule has 1 fully saturated rings. The Morgan fingerprint density at radius 1 is 1.06 bits per heavy atom. The highest BCUT2D eigenvalue weighted by Crippen LogP contribution is 2.26. The number of esters is 1. The number of aliphatic hydroxyl groups excluding tert-OH is 2. The zero-order valence-corrected chi connectivity index (χ0v) is 27.7. The van der Waals surface area contributed by atoms with Crippen LogP contribution in [0.1, 0.15) is 78.6 Å². The van der Waals surface area contributed by atoms with Gasteiger partial charge in [-0.3, -0.25) is 19.2 Å². The van der Waals surface area contributed by atoms with Gasteiger partial charge in [-0.25, -0.2) is 4.79 Å². The molecule has 0 aromatic carbocycles. The Labute approximate surface area is 276 Å². The molecule has 0 aromatic heterocycles. The fourth-order valence-electron chi connectivity index (χ4n) is 5.79. The second kappa shape index (κ2) is 18.3. The fourth-order valence-corrected chi connectivity index (χ4v) is 5.79. The number of fused-ring (bicyclic) bond motifs is 1. The third kappa shape index (κ3) is 11.0. The number of carbonyl (C=O) groups excluding carboxylic acids is 5. The molecule has 4 N–H and O–H groups in total. The first-order valence-corrected chi connectivity index (χ1v) is 16.3. The lowest BCUT2D eigenvalue weighted by atomic mass is 9.88. The highest BCUT2D eigenvalue weighted by atomic mass is 16.5. The molecule has 0 saturated heterocycles. The van der Waals surface area contributed by atoms with E-state index in [9.17, 15) is 34.2 Å². The van der Waals surface area contributed by atoms with E-state index in [0.29, 0.717) is 5.57 Å². The average Bonchev–Trinajstić information content (AvgIpc) is 3.06. The topological polar surface area (TPSA) is 168 Å². The van der Waals surface area contributed by atoms with Crippen molar-refractivity contribution in [1.82, 2.24) is 10.6 Å². The molecule has 0 radical (unpaired) electrons. The van der Waals surface area contributed by atoms with Crippen LogP contribution in [-0.4, -0.2) is 71.0 Å². The number of hydrogen-bond acceptors (Lipinski definition) is 9. The van der Waals surface area contributed by atoms with Crippen LogP contribution in [0.25, 0.3) is 0 Å². The van der Waals surface area contributed by atoms with Gasteiger partial charge < -0.3 is 30.3 Å². The number of nitrogens with one attached hydrogen (secondary N) is 2. The van der Waals surface area contributed by atoms with Crippen molar-refractivity contribution in [1.29, 1.82) is 0 Å². The lowest BCUT2D eigenvalue weighted by Gasteiger charge is -2.29. The molecule has 1 saturated carbocycles. The summed E-state index contributed by atoms with van der Waals surface area (Å²) in [5, 5.41) is 27.3. The standard InChI is InChI=1S/C36H48N2O9/c1-22-14-13-18-27-33(42)28(21-29(39)34(27)43)38-31(40)20-26(46-4)17-11-6-5-7-12-19-30(23(2)32(22)41)47-36(45)24(3)37-35(44)25-15-9-8-10-16-25/h5-7,11-12,14,17,21,23-26,30,32,41-42H,8-10,13,15-16,18-20H2,1-4H3,(H,37,44)(H,38,40)/b6-5+,12-7+,17-11+,22-14-/t23-,24+,26-,30-,32-/m0/s1. The van der Waals surface area contributed by atoms with E-state index in [4.69, 9.17) is 9.47 Å². The van der Waals surface area contributed by atoms with Crippen molar-refractivity contribution < 1.29 is 43.7 Å². The van der Waals surface area contributed by atoms with E-state index in [1.165, 1.54) is 7.11 Å². The molecular formula is C36H48N2O9. The summed E-state index contributed by atoms with van der Waals surface area (Å²) in [5.41, 5.74) is 0.244. The predicted octanol–water partition coefficient (Wildman–Crippen LogP) is 4.15. The second-order valence-corrected chi connectivity index (χ2v) is 12.4. The average molecular weight is 653 g/mol. The number of methoxy groups -OCH3 is 1. The van der Waals surface area contributed by atoms with Gasteiger partial charge in [-0.15, -0.1) is 0 Å². The summed E-state index contributed by atoms with van der Waals surface area (Å²) in [7, 11) is 1.44. The van der Waals surface area contributed by atoms with Crippen molar-refractivity contribution in [2.75, 3.05) is 7.11 Å². The summed E-state index contributed by atoms with van der Waals surface area (Å²) in [6.07, 6.45) is 15.7. The molecule has 256 valence electrons. The van der Waals surface area contributed by atoms with Gasteiger partial charge in [0, 0.05) is 37.0 Å². The maximum atomic E-state index is 13.1. The van der Waals surface area contributed by atoms with Crippen molar-refractivity contribution >= 4 is 29.4 Å². The quantitative estimate of drug-likeness (QED) is 0.148. The van der Waals surface area contributed by atoms with Crippen LogP contribution in [0.2, 0.25) is 0 Å². The maximum absolute atomic E-state index is 13.1. The predicted molar refractivity (Wildman–Crippen MR) is 176 cm³/mol. The first-order valence-electron chi connectivity index (χ1n) is 16.3. The molecule has 11 nitrogen and oxygen atoms in total. The lowest BCUT2D eigenvalue weighted by molar-refractivity contribution is -0.156. The highest BCUT2D eigenvalue weighted by molar-refractivity contribution is 6.48. The number of Topliss-reactive ketones (excluding diaryl/α,β-unsaturated/α-hetero) is 1. The van der Waals surface area contributed by atoms with Gasteiger partial charge in [-0.2, -0.15) is 0 Å². The summed E-state index contributed by atoms with van der Waals surface area (Å²) in [6, 6.07) is -0.865. The summed E-state index contributed by atoms with van der Waals surface area (Å²) in [6.45, 7) is 5.05. The molecule has 0 spiro atoms. The van der Waals surface area contributed by atoms with E-state index < -0.39 is 59.5 Å². The van der Waals surface area contributed by atoms with Crippen molar-refractivity contribution in [3.05, 3.63) is 71.2 Å². The van der Waals surface area contributed by atoms with E-state index in [0.717, 1.165) is 38.2 Å². The van der Waals surface area contributed by atoms with Crippen LogP contribution in [0.5, 0.6) is 0 Å². The Kier molecular flexibility index (Phi) is 14.6. The number of hydrogen-bond donors (Lipinski definition) is 4. The molecule has 47 heavy (non-hydrogen) atoms. The zero-order valence-electron chi connectivity index (χ0n) is 27.7. The van der Waals surface area contributed by atoms with Crippen LogP contribution in [0, 0.1) is 11.8 Å². The van der Waals surface area contributed by atoms with E-state index in [-0.39, 0.29) is 48.8 Å². The largest absolute Gasteiger partial charge is 0.505 e. The molecule has 5 atom stereocenters. The first kappa shape index (κ1) is 37.4. The summed E-state index contributed by atoms with van der Waals surface area (Å²) < 4.78 is 11.2. The number of ether oxygens (including phenoxy) is 2. The SMILES string of the molecule is CO[C@H]1/C=C/C=C/C=C/C[C@H](OC(=O)[C@@H](C)NC(=O)C2CCCCC2)[C@H](C)[C@@H](O)/C(C)=C\CCC2=C(O)C(=CC(=O)C2=O)NC(=O)C1. The van der Waals surface area contributed by atoms with Crippen LogP contribution in [0.15, 0.2) is 71.2 Å². The van der Waals surface area contributed by atoms with Gasteiger partial charge >= 0.3 is 5.97 Å². The van der Waals surface area contributed by atoms with Gasteiger partial charge in [-0.1, -0.05) is 68.7 Å². The van der Waals surface area contributed by atoms with Gasteiger partial charge in [0.25, 0.3) is 0 Å². The highest BCUT2D eigenvalue weighted by Gasteiger charge is 2.32. The Balaban J connectivity index is 1.83. The van der Waals surface area contributed by atoms with Gasteiger partial charge in [0.15, 0.2) is 0 Å². The van der Waals surface area contributed by atoms with Gasteiger partial charge in [-0.05, 0) is 45.1 Å². The first-order chi connectivity index (χ1) is 22.4. The normalized spacial score (nSPS) is 29.6. The number of aliphatic hydroxyl groups is 2. The van der Waals surface area contributed by atoms with Crippen molar-refractivity contribution in [3.63, 3.8) is 0 Å². The third-order valence-electron chi connectivity index (χ3n) is 8.81. The van der Waals surface area contributed by atoms with Gasteiger partial charge in [0.05, 0.1) is 24.3 Å². The van der Waals surface area contributed by atoms with E-state index in [1.807, 2.05) is 6.08 Å². The molecule has 3 aliphatic rings. The van der Waals surface area contributed by atoms with Crippen LogP contribution in [0.3, 0.4) is 0 Å². The molecule has 3 rings (SSSR count). The second-order valence-electron chi connectivity index (χ2n) is 12.4. The molecule has 2 bridgehead atoms. The van der Waals surface area contributed by atoms with Crippen LogP contribution >= 0.6 is 0 Å². The Morgan fingerprint density at radius 2 is 1.77 bits per heavy atom. The maximum Gasteiger partial charge on any atom is 0.328 e. The minimum atomic E-state index is -1.03. The molecule has 0 aromatic rings. The molecule has 2 aliphatic carbocycles.